The van der Waals surface area contributed by atoms with Gasteiger partial charge < -0.3 is 10.2 Å². The van der Waals surface area contributed by atoms with Crippen LogP contribution in [0.2, 0.25) is 0 Å². The number of nitrogens with zero attached hydrogens (tertiary/aromatic N) is 1. The lowest BCUT2D eigenvalue weighted by Crippen LogP contribution is -2.41. The number of thioether (sulfide) groups is 1. The zero-order valence-electron chi connectivity index (χ0n) is 10.7. The van der Waals surface area contributed by atoms with Crippen molar-refractivity contribution in [3.63, 3.8) is 0 Å². The summed E-state index contributed by atoms with van der Waals surface area (Å²) in [5.74, 6) is 1.33. The number of nitrogens with one attached hydrogen (secondary N) is 1. The summed E-state index contributed by atoms with van der Waals surface area (Å²) in [7, 11) is 1.95. The lowest BCUT2D eigenvalue weighted by molar-refractivity contribution is -0.132. The van der Waals surface area contributed by atoms with E-state index in [-0.39, 0.29) is 0 Å². The normalized spacial score (nSPS) is 22.1. The zero-order valence-corrected chi connectivity index (χ0v) is 11.5. The van der Waals surface area contributed by atoms with Crippen LogP contribution in [0.25, 0.3) is 0 Å². The highest BCUT2D eigenvalue weighted by Crippen LogP contribution is 2.14. The Bertz CT molecular complexity index is 217. The number of amides is 1. The van der Waals surface area contributed by atoms with Crippen LogP contribution in [0.3, 0.4) is 0 Å². The van der Waals surface area contributed by atoms with Gasteiger partial charge in [-0.15, -0.1) is 0 Å². The third-order valence-electron chi connectivity index (χ3n) is 3.35. The van der Waals surface area contributed by atoms with Gasteiger partial charge in [0, 0.05) is 31.3 Å². The fourth-order valence-corrected chi connectivity index (χ4v) is 3.03. The second-order valence-corrected chi connectivity index (χ2v) is 5.43. The zero-order chi connectivity index (χ0) is 12.0. The van der Waals surface area contributed by atoms with Crippen molar-refractivity contribution >= 4 is 17.7 Å². The van der Waals surface area contributed by atoms with Crippen molar-refractivity contribution in [1.29, 1.82) is 0 Å². The van der Waals surface area contributed by atoms with Crippen molar-refractivity contribution < 1.29 is 4.79 Å². The smallest absolute Gasteiger partial charge is 0.224 e. The molecule has 0 aliphatic carbocycles. The van der Waals surface area contributed by atoms with Gasteiger partial charge in [-0.1, -0.05) is 6.92 Å². The molecule has 1 aliphatic heterocycles. The Balaban J connectivity index is 2.38. The molecule has 0 aromatic heterocycles. The lowest BCUT2D eigenvalue weighted by Gasteiger charge is -2.27. The largest absolute Gasteiger partial charge is 0.342 e. The summed E-state index contributed by atoms with van der Waals surface area (Å²) in [5, 5.41) is 3.38. The average Bonchev–Trinajstić information content (AvgIpc) is 2.77. The van der Waals surface area contributed by atoms with E-state index in [0.717, 1.165) is 25.1 Å². The Hall–Kier alpha value is -0.220. The van der Waals surface area contributed by atoms with Crippen molar-refractivity contribution in [3.8, 4) is 0 Å². The van der Waals surface area contributed by atoms with E-state index in [1.807, 2.05) is 23.7 Å². The van der Waals surface area contributed by atoms with Gasteiger partial charge in [0.1, 0.15) is 0 Å². The minimum absolute atomic E-state index is 0.292. The third kappa shape index (κ3) is 3.98. The van der Waals surface area contributed by atoms with Crippen molar-refractivity contribution in [2.45, 2.75) is 44.7 Å². The summed E-state index contributed by atoms with van der Waals surface area (Å²) in [6.07, 6.45) is 6.17. The molecule has 0 bridgehead atoms. The van der Waals surface area contributed by atoms with Crippen molar-refractivity contribution in [2.24, 2.45) is 0 Å². The first-order valence-corrected chi connectivity index (χ1v) is 7.56. The third-order valence-corrected chi connectivity index (χ3v) is 4.07. The van der Waals surface area contributed by atoms with Gasteiger partial charge in [-0.2, -0.15) is 11.8 Å². The van der Waals surface area contributed by atoms with Gasteiger partial charge in [0.2, 0.25) is 5.91 Å². The van der Waals surface area contributed by atoms with Crippen LogP contribution >= 0.6 is 11.8 Å². The van der Waals surface area contributed by atoms with Gasteiger partial charge in [0.25, 0.3) is 0 Å². The van der Waals surface area contributed by atoms with E-state index in [1.165, 1.54) is 6.42 Å². The minimum atomic E-state index is 0.292. The first kappa shape index (κ1) is 13.8. The Morgan fingerprint density at radius 1 is 1.62 bits per heavy atom. The molecular formula is C12H24N2OS. The molecule has 1 N–H and O–H groups in total. The van der Waals surface area contributed by atoms with Crippen LogP contribution in [0.1, 0.15) is 32.6 Å². The van der Waals surface area contributed by atoms with Gasteiger partial charge >= 0.3 is 0 Å². The summed E-state index contributed by atoms with van der Waals surface area (Å²) in [5.41, 5.74) is 0. The van der Waals surface area contributed by atoms with Gasteiger partial charge in [-0.3, -0.25) is 4.79 Å². The minimum Gasteiger partial charge on any atom is -0.342 e. The molecule has 4 heteroatoms. The molecule has 0 aromatic rings. The molecule has 1 saturated heterocycles. The first-order chi connectivity index (χ1) is 7.69. The SMILES string of the molecule is CCC(CSC)N(C)C(=O)CC1CCCN1. The Morgan fingerprint density at radius 3 is 2.88 bits per heavy atom. The highest BCUT2D eigenvalue weighted by molar-refractivity contribution is 7.98. The molecule has 0 saturated carbocycles. The van der Waals surface area contributed by atoms with Crippen LogP contribution in [-0.4, -0.2) is 48.5 Å². The van der Waals surface area contributed by atoms with Crippen LogP contribution in [-0.2, 0) is 4.79 Å². The van der Waals surface area contributed by atoms with E-state index in [9.17, 15) is 4.79 Å². The van der Waals surface area contributed by atoms with Crippen LogP contribution in [0.4, 0.5) is 0 Å². The monoisotopic (exact) mass is 244 g/mol. The predicted octanol–water partition coefficient (Wildman–Crippen LogP) is 1.73. The fourth-order valence-electron chi connectivity index (χ4n) is 2.19. The molecule has 1 rings (SSSR count). The summed E-state index contributed by atoms with van der Waals surface area (Å²) in [6, 6.07) is 0.811. The van der Waals surface area contributed by atoms with Crippen LogP contribution in [0.15, 0.2) is 0 Å². The van der Waals surface area contributed by atoms with Crippen LogP contribution in [0, 0.1) is 0 Å². The molecule has 2 unspecified atom stereocenters. The molecule has 1 heterocycles. The quantitative estimate of drug-likeness (QED) is 0.772. The molecule has 0 radical (unpaired) electrons. The molecule has 1 fully saturated rings. The molecule has 0 aromatic carbocycles. The summed E-state index contributed by atoms with van der Waals surface area (Å²) >= 11 is 1.81. The highest BCUT2D eigenvalue weighted by Gasteiger charge is 2.23. The lowest BCUT2D eigenvalue weighted by atomic mass is 10.1. The van der Waals surface area contributed by atoms with Crippen LogP contribution in [0.5, 0.6) is 0 Å². The Labute approximate surface area is 103 Å². The van der Waals surface area contributed by atoms with E-state index in [1.54, 1.807) is 0 Å². The maximum Gasteiger partial charge on any atom is 0.224 e. The number of hydrogen-bond acceptors (Lipinski definition) is 3. The molecule has 94 valence electrons. The van der Waals surface area contributed by atoms with Gasteiger partial charge in [-0.25, -0.2) is 0 Å². The number of carbonyl (C=O) groups excluding carboxylic acids is 1. The van der Waals surface area contributed by atoms with Gasteiger partial charge in [0.05, 0.1) is 0 Å². The highest BCUT2D eigenvalue weighted by atomic mass is 32.2. The molecule has 1 amide bonds. The number of rotatable bonds is 6. The van der Waals surface area contributed by atoms with E-state index in [2.05, 4.69) is 18.5 Å². The summed E-state index contributed by atoms with van der Waals surface area (Å²) < 4.78 is 0. The van der Waals surface area contributed by atoms with E-state index >= 15 is 0 Å². The number of hydrogen-bond donors (Lipinski definition) is 1. The molecule has 3 nitrogen and oxygen atoms in total. The molecule has 1 aliphatic rings. The fraction of sp³-hybridized carbons (Fsp3) is 0.917. The van der Waals surface area contributed by atoms with Gasteiger partial charge in [0.15, 0.2) is 0 Å². The topological polar surface area (TPSA) is 32.3 Å². The molecule has 16 heavy (non-hydrogen) atoms. The predicted molar refractivity (Wildman–Crippen MR) is 70.9 cm³/mol. The van der Waals surface area contributed by atoms with Crippen molar-refractivity contribution in [1.82, 2.24) is 10.2 Å². The maximum absolute atomic E-state index is 12.1. The maximum atomic E-state index is 12.1. The summed E-state index contributed by atoms with van der Waals surface area (Å²) in [6.45, 7) is 3.22. The van der Waals surface area contributed by atoms with E-state index in [0.29, 0.717) is 24.4 Å². The molecule has 0 spiro atoms. The van der Waals surface area contributed by atoms with E-state index in [4.69, 9.17) is 0 Å². The van der Waals surface area contributed by atoms with Gasteiger partial charge in [-0.05, 0) is 32.1 Å². The Morgan fingerprint density at radius 2 is 2.38 bits per heavy atom. The number of carbonyl (C=O) groups is 1. The van der Waals surface area contributed by atoms with Crippen molar-refractivity contribution in [3.05, 3.63) is 0 Å². The molecular weight excluding hydrogens is 220 g/mol. The standard InChI is InChI=1S/C12H24N2OS/c1-4-11(9-16-3)14(2)12(15)8-10-6-5-7-13-10/h10-11,13H,4-9H2,1-3H3. The average molecular weight is 244 g/mol. The Kier molecular flexibility index (Phi) is 6.21. The van der Waals surface area contributed by atoms with Crippen LogP contribution < -0.4 is 5.32 Å². The van der Waals surface area contributed by atoms with E-state index < -0.39 is 0 Å². The second kappa shape index (κ2) is 7.17. The first-order valence-electron chi connectivity index (χ1n) is 6.17. The summed E-state index contributed by atoms with van der Waals surface area (Å²) in [4.78, 5) is 14.0. The second-order valence-electron chi connectivity index (χ2n) is 4.52. The van der Waals surface area contributed by atoms with Crippen molar-refractivity contribution in [2.75, 3.05) is 25.6 Å². The molecule has 2 atom stereocenters.